The number of hydrogen-bond acceptors (Lipinski definition) is 6. The van der Waals surface area contributed by atoms with E-state index in [0.717, 1.165) is 24.5 Å². The van der Waals surface area contributed by atoms with Crippen molar-refractivity contribution in [3.63, 3.8) is 0 Å². The van der Waals surface area contributed by atoms with Crippen LogP contribution in [0.25, 0.3) is 0 Å². The van der Waals surface area contributed by atoms with E-state index in [2.05, 4.69) is 10.3 Å². The average Bonchev–Trinajstić information content (AvgIpc) is 3.26. The molecule has 0 aliphatic carbocycles. The minimum atomic E-state index is -0.692. The molecule has 0 spiro atoms. The first-order valence-electron chi connectivity index (χ1n) is 9.70. The molecule has 0 saturated carbocycles. The van der Waals surface area contributed by atoms with Crippen LogP contribution in [-0.2, 0) is 20.9 Å². The van der Waals surface area contributed by atoms with Crippen LogP contribution in [0.15, 0.2) is 11.6 Å². The van der Waals surface area contributed by atoms with E-state index in [-0.39, 0.29) is 18.4 Å². The van der Waals surface area contributed by atoms with Gasteiger partial charge in [0.15, 0.2) is 0 Å². The summed E-state index contributed by atoms with van der Waals surface area (Å²) in [5.74, 6) is -0.487. The number of carbonyl (C=O) groups excluding carboxylic acids is 3. The average molecular weight is 412 g/mol. The number of hydrogen-bond donors (Lipinski definition) is 1. The summed E-state index contributed by atoms with van der Waals surface area (Å²) in [6, 6.07) is -0.579. The van der Waals surface area contributed by atoms with Crippen LogP contribution in [0.3, 0.4) is 0 Å². The van der Waals surface area contributed by atoms with Gasteiger partial charge in [-0.25, -0.2) is 14.7 Å². The Morgan fingerprint density at radius 2 is 2.14 bits per heavy atom. The molecule has 1 aromatic rings. The number of rotatable bonds is 7. The fourth-order valence-electron chi connectivity index (χ4n) is 3.16. The second-order valence-corrected chi connectivity index (χ2v) is 8.88. The molecular weight excluding hydrogens is 380 g/mol. The second-order valence-electron chi connectivity index (χ2n) is 7.90. The smallest absolute Gasteiger partial charge is 0.417 e. The molecule has 0 unspecified atom stereocenters. The van der Waals surface area contributed by atoms with Crippen molar-refractivity contribution in [2.75, 3.05) is 19.6 Å². The van der Waals surface area contributed by atoms with Gasteiger partial charge in [0.2, 0.25) is 5.91 Å². The fraction of sp³-hybridized carbons (Fsp3) is 0.684. The number of imide groups is 1. The van der Waals surface area contributed by atoms with E-state index >= 15 is 0 Å². The van der Waals surface area contributed by atoms with Crippen LogP contribution in [0, 0.1) is 0 Å². The lowest BCUT2D eigenvalue weighted by Gasteiger charge is -2.30. The molecule has 28 heavy (non-hydrogen) atoms. The highest BCUT2D eigenvalue weighted by atomic mass is 32.1. The first-order valence-corrected chi connectivity index (χ1v) is 10.6. The Bertz CT molecular complexity index is 672. The number of nitrogens with zero attached hydrogens (tertiary/aromatic N) is 3. The van der Waals surface area contributed by atoms with Crippen molar-refractivity contribution in [1.29, 1.82) is 0 Å². The van der Waals surface area contributed by atoms with Gasteiger partial charge in [0.1, 0.15) is 23.2 Å². The lowest BCUT2D eigenvalue weighted by Crippen LogP contribution is -2.82. The van der Waals surface area contributed by atoms with Crippen molar-refractivity contribution in [2.45, 2.75) is 65.1 Å². The van der Waals surface area contributed by atoms with Crippen LogP contribution < -0.4 is 5.32 Å². The maximum absolute atomic E-state index is 13.1. The Morgan fingerprint density at radius 1 is 1.39 bits per heavy atom. The van der Waals surface area contributed by atoms with Crippen LogP contribution in [0.1, 0.15) is 52.0 Å². The molecule has 3 amide bonds. The third kappa shape index (κ3) is 6.56. The molecule has 1 atom stereocenters. The molecule has 1 fully saturated rings. The lowest BCUT2D eigenvalue weighted by atomic mass is 10.2. The van der Waals surface area contributed by atoms with E-state index in [1.807, 2.05) is 5.38 Å². The summed E-state index contributed by atoms with van der Waals surface area (Å²) in [5.41, 5.74) is -0.692. The van der Waals surface area contributed by atoms with Crippen LogP contribution >= 0.6 is 11.3 Å². The quantitative estimate of drug-likeness (QED) is 0.684. The molecule has 1 saturated heterocycles. The zero-order chi connectivity index (χ0) is 20.7. The molecule has 2 N–H and O–H groups in total. The Labute approximate surface area is 170 Å². The highest BCUT2D eigenvalue weighted by molar-refractivity contribution is 7.09. The van der Waals surface area contributed by atoms with Gasteiger partial charge in [0, 0.05) is 38.0 Å². The molecule has 0 aromatic carbocycles. The summed E-state index contributed by atoms with van der Waals surface area (Å²) in [6.45, 7) is 9.12. The number of quaternary nitrogens is 1. The van der Waals surface area contributed by atoms with Crippen LogP contribution in [0.5, 0.6) is 0 Å². The van der Waals surface area contributed by atoms with Crippen molar-refractivity contribution >= 4 is 29.2 Å². The third-order valence-electron chi connectivity index (χ3n) is 4.41. The number of carbonyl (C=O) groups is 3. The standard InChI is InChI=1S/C19H30N4O4S/c1-14(24)22-10-5-7-15(22)17(25)23(18(26)27-19(2,3)4)11-6-8-20-13-16-21-9-12-28-16/h9,12,15,20H,5-8,10-11,13H2,1-4H3/p+1/t15-/m0/s1. The molecule has 1 aromatic heterocycles. The minimum absolute atomic E-state index is 0.142. The van der Waals surface area contributed by atoms with Gasteiger partial charge in [-0.3, -0.25) is 9.59 Å². The largest absolute Gasteiger partial charge is 0.443 e. The summed E-state index contributed by atoms with van der Waals surface area (Å²) in [7, 11) is 0. The van der Waals surface area contributed by atoms with Crippen molar-refractivity contribution in [1.82, 2.24) is 14.8 Å². The van der Waals surface area contributed by atoms with Gasteiger partial charge in [-0.15, -0.1) is 11.3 Å². The van der Waals surface area contributed by atoms with Crippen LogP contribution in [-0.4, -0.2) is 64.0 Å². The third-order valence-corrected chi connectivity index (χ3v) is 5.22. The summed E-state index contributed by atoms with van der Waals surface area (Å²) in [4.78, 5) is 44.5. The molecule has 1 aliphatic heterocycles. The molecular formula is C19H31N4O4S+. The highest BCUT2D eigenvalue weighted by Crippen LogP contribution is 2.21. The Balaban J connectivity index is 1.96. The van der Waals surface area contributed by atoms with Crippen molar-refractivity contribution < 1.29 is 24.4 Å². The molecule has 1 aliphatic rings. The van der Waals surface area contributed by atoms with Crippen molar-refractivity contribution in [3.05, 3.63) is 16.6 Å². The zero-order valence-electron chi connectivity index (χ0n) is 17.1. The van der Waals surface area contributed by atoms with Gasteiger partial charge < -0.3 is 15.0 Å². The zero-order valence-corrected chi connectivity index (χ0v) is 18.0. The summed E-state index contributed by atoms with van der Waals surface area (Å²) >= 11 is 1.60. The van der Waals surface area contributed by atoms with Gasteiger partial charge in [0.25, 0.3) is 5.91 Å². The van der Waals surface area contributed by atoms with E-state index in [4.69, 9.17) is 4.74 Å². The topological polar surface area (TPSA) is 96.4 Å². The normalized spacial score (nSPS) is 16.9. The Hall–Kier alpha value is -2.00. The summed E-state index contributed by atoms with van der Waals surface area (Å²) in [5, 5.41) is 5.09. The maximum atomic E-state index is 13.1. The number of nitrogens with two attached hydrogens (primary N) is 1. The van der Waals surface area contributed by atoms with Crippen molar-refractivity contribution in [3.8, 4) is 0 Å². The number of aromatic nitrogens is 1. The molecule has 156 valence electrons. The van der Waals surface area contributed by atoms with Gasteiger partial charge in [-0.05, 0) is 33.6 Å². The molecule has 0 radical (unpaired) electrons. The SMILES string of the molecule is CC(=O)N1CCC[C@H]1C(=O)N(CCC[NH2+]Cc1nccs1)C(=O)OC(C)(C)C. The van der Waals surface area contributed by atoms with Crippen molar-refractivity contribution in [2.24, 2.45) is 0 Å². The van der Waals surface area contributed by atoms with Gasteiger partial charge in [-0.2, -0.15) is 0 Å². The molecule has 8 nitrogen and oxygen atoms in total. The van der Waals surface area contributed by atoms with Gasteiger partial charge >= 0.3 is 6.09 Å². The number of amides is 3. The van der Waals surface area contributed by atoms with E-state index in [1.54, 1.807) is 43.2 Å². The highest BCUT2D eigenvalue weighted by Gasteiger charge is 2.38. The number of thiazole rings is 1. The summed E-state index contributed by atoms with van der Waals surface area (Å²) in [6.07, 6.45) is 3.11. The molecule has 2 rings (SSSR count). The maximum Gasteiger partial charge on any atom is 0.417 e. The van der Waals surface area contributed by atoms with Gasteiger partial charge in [0.05, 0.1) is 6.54 Å². The van der Waals surface area contributed by atoms with Crippen LogP contribution in [0.4, 0.5) is 4.79 Å². The van der Waals surface area contributed by atoms with E-state index < -0.39 is 17.7 Å². The second kappa shape index (κ2) is 9.97. The van der Waals surface area contributed by atoms with E-state index in [0.29, 0.717) is 19.4 Å². The first-order chi connectivity index (χ1) is 13.2. The minimum Gasteiger partial charge on any atom is -0.443 e. The van der Waals surface area contributed by atoms with E-state index in [9.17, 15) is 14.4 Å². The molecule has 9 heteroatoms. The number of ether oxygens (including phenoxy) is 1. The molecule has 0 bridgehead atoms. The predicted octanol–water partition coefficient (Wildman–Crippen LogP) is 1.37. The monoisotopic (exact) mass is 411 g/mol. The Kier molecular flexibility index (Phi) is 7.94. The summed E-state index contributed by atoms with van der Waals surface area (Å²) < 4.78 is 5.44. The molecule has 2 heterocycles. The van der Waals surface area contributed by atoms with Gasteiger partial charge in [-0.1, -0.05) is 0 Å². The Morgan fingerprint density at radius 3 is 2.75 bits per heavy atom. The lowest BCUT2D eigenvalue weighted by molar-refractivity contribution is -0.670. The fourth-order valence-corrected chi connectivity index (χ4v) is 3.78. The van der Waals surface area contributed by atoms with Crippen LogP contribution in [0.2, 0.25) is 0 Å². The number of likely N-dealkylation sites (tertiary alicyclic amines) is 1. The predicted molar refractivity (Wildman–Crippen MR) is 106 cm³/mol. The first kappa shape index (κ1) is 22.3. The van der Waals surface area contributed by atoms with E-state index in [1.165, 1.54) is 11.8 Å².